The number of carbonyl (C=O) groups is 3. The first-order chi connectivity index (χ1) is 28.2. The van der Waals surface area contributed by atoms with E-state index in [2.05, 4.69) is 135 Å². The van der Waals surface area contributed by atoms with Gasteiger partial charge in [0.2, 0.25) is 0 Å². The van der Waals surface area contributed by atoms with Crippen molar-refractivity contribution in [1.29, 1.82) is 0 Å². The molecule has 0 saturated heterocycles. The van der Waals surface area contributed by atoms with Gasteiger partial charge in [0, 0.05) is 25.7 Å². The lowest BCUT2D eigenvalue weighted by Crippen LogP contribution is -2.19. The van der Waals surface area contributed by atoms with E-state index < -0.39 is 17.7 Å². The Hall–Kier alpha value is -3.72. The van der Waals surface area contributed by atoms with E-state index in [0.717, 1.165) is 30.9 Å². The fourth-order valence-electron chi connectivity index (χ4n) is 4.89. The third kappa shape index (κ3) is 52.8. The molecule has 3 heterocycles. The summed E-state index contributed by atoms with van der Waals surface area (Å²) in [6, 6.07) is 0. The minimum absolute atomic E-state index is 0. The first-order valence-electron chi connectivity index (χ1n) is 20.9. The molecule has 380 valence electrons. The largest absolute Gasteiger partial charge is 0.326 e. The topological polar surface area (TPSA) is 305 Å². The van der Waals surface area contributed by atoms with Gasteiger partial charge in [-0.05, 0) is 68.9 Å². The van der Waals surface area contributed by atoms with Gasteiger partial charge in [0.05, 0.1) is 11.9 Å². The molecule has 3 aromatic heterocycles. The monoisotopic (exact) mass is 967 g/mol. The molecule has 23 heteroatoms. The zero-order chi connectivity index (χ0) is 51.3. The summed E-state index contributed by atoms with van der Waals surface area (Å²) in [5.41, 5.74) is 0.0512. The average Bonchev–Trinajstić information content (AvgIpc) is 3.70. The Kier molecular flexibility index (Phi) is 29.7. The highest BCUT2D eigenvalue weighted by Crippen LogP contribution is 2.41. The zero-order valence-corrected chi connectivity index (χ0v) is 44.4. The summed E-state index contributed by atoms with van der Waals surface area (Å²) in [6.45, 7) is 41.1. The summed E-state index contributed by atoms with van der Waals surface area (Å²) in [7, 11) is -7.57. The van der Waals surface area contributed by atoms with Gasteiger partial charge in [-0.15, -0.1) is 25.5 Å². The van der Waals surface area contributed by atoms with Crippen LogP contribution in [0.3, 0.4) is 0 Å². The van der Waals surface area contributed by atoms with E-state index in [0.29, 0.717) is 12.2 Å². The number of aromatic nitrogens is 12. The Labute approximate surface area is 390 Å². The summed E-state index contributed by atoms with van der Waals surface area (Å²) in [4.78, 5) is 50.4. The van der Waals surface area contributed by atoms with Crippen molar-refractivity contribution in [2.24, 2.45) is 32.5 Å². The summed E-state index contributed by atoms with van der Waals surface area (Å²) in [5, 5.41) is 36.6. The van der Waals surface area contributed by atoms with Crippen molar-refractivity contribution >= 4 is 35.1 Å². The lowest BCUT2D eigenvalue weighted by molar-refractivity contribution is -0.119. The molecule has 0 saturated carbocycles. The maximum atomic E-state index is 10.9. The van der Waals surface area contributed by atoms with Gasteiger partial charge in [0.25, 0.3) is 10.1 Å². The SMILES string of the molecule is C.CC(=O)CC(C)(C)C.CC(=O)Cn1nnc(CC(C)(C)C)n1.CC(=O)Cn1nnnc1CC(C)(C)C.CC(C)(C)CP(=O)(O)O.CC(C)(C)CS(=O)(=O)O.CC(C)(C)Cc1nn[nH]n1. The molecule has 0 unspecified atom stereocenters. The molecule has 0 aromatic carbocycles. The smallest absolute Gasteiger partial charge is 0.324 e. The number of nitrogens with zero attached hydrogens (tertiary/aromatic N) is 11. The molecule has 0 aliphatic rings. The fourth-order valence-corrected chi connectivity index (χ4v) is 7.22. The predicted molar refractivity (Wildman–Crippen MR) is 254 cm³/mol. The number of ketones is 3. The Balaban J connectivity index is -0.000000348. The highest BCUT2D eigenvalue weighted by atomic mass is 32.2. The average molecular weight is 967 g/mol. The second-order valence-corrected chi connectivity index (χ2v) is 26.1. The molecule has 0 atom stereocenters. The third-order valence-corrected chi connectivity index (χ3v) is 8.96. The van der Waals surface area contributed by atoms with Crippen molar-refractivity contribution in [2.75, 3.05) is 11.9 Å². The molecular weight excluding hydrogens is 880 g/mol. The summed E-state index contributed by atoms with van der Waals surface area (Å²) < 4.78 is 40.6. The van der Waals surface area contributed by atoms with E-state index in [4.69, 9.17) is 14.3 Å². The molecule has 65 heavy (non-hydrogen) atoms. The Morgan fingerprint density at radius 1 is 0.615 bits per heavy atom. The van der Waals surface area contributed by atoms with Crippen molar-refractivity contribution in [2.45, 2.75) is 192 Å². The Bertz CT molecular complexity index is 1950. The predicted octanol–water partition coefficient (Wildman–Crippen LogP) is 7.27. The van der Waals surface area contributed by atoms with Crippen LogP contribution < -0.4 is 0 Å². The molecule has 0 fully saturated rings. The van der Waals surface area contributed by atoms with E-state index >= 15 is 0 Å². The minimum atomic E-state index is -3.79. The number of rotatable bonds is 10. The van der Waals surface area contributed by atoms with Crippen LogP contribution in [-0.4, -0.2) is 113 Å². The van der Waals surface area contributed by atoms with Gasteiger partial charge in [-0.1, -0.05) is 137 Å². The van der Waals surface area contributed by atoms with E-state index in [-0.39, 0.29) is 82.3 Å². The number of aromatic amines is 1. The number of Topliss-reactive ketones (excluding diaryl/α,β-unsaturated/α-hetero) is 3. The molecule has 0 aliphatic carbocycles. The van der Waals surface area contributed by atoms with Gasteiger partial charge in [-0.25, -0.2) is 4.68 Å². The summed E-state index contributed by atoms with van der Waals surface area (Å²) in [6.07, 6.45) is 3.05. The molecule has 0 bridgehead atoms. The summed E-state index contributed by atoms with van der Waals surface area (Å²) >= 11 is 0. The molecule has 3 aromatic rings. The van der Waals surface area contributed by atoms with Crippen LogP contribution in [0.5, 0.6) is 0 Å². The first-order valence-corrected chi connectivity index (χ1v) is 24.3. The van der Waals surface area contributed by atoms with Crippen LogP contribution in [0.25, 0.3) is 0 Å². The van der Waals surface area contributed by atoms with Crippen LogP contribution in [0.15, 0.2) is 0 Å². The number of H-pyrrole nitrogens is 1. The van der Waals surface area contributed by atoms with Crippen LogP contribution in [0.2, 0.25) is 0 Å². The second kappa shape index (κ2) is 28.5. The maximum absolute atomic E-state index is 10.9. The molecule has 3 rings (SSSR count). The summed E-state index contributed by atoms with van der Waals surface area (Å²) in [5.74, 6) is 2.44. The van der Waals surface area contributed by atoms with Crippen molar-refractivity contribution in [3.05, 3.63) is 17.5 Å². The van der Waals surface area contributed by atoms with E-state index in [1.54, 1.807) is 53.1 Å². The molecule has 0 spiro atoms. The van der Waals surface area contributed by atoms with E-state index in [1.807, 2.05) is 0 Å². The molecular formula is C42H87N12O9PS. The zero-order valence-electron chi connectivity index (χ0n) is 42.7. The number of hydrogen-bond donors (Lipinski definition) is 4. The van der Waals surface area contributed by atoms with Gasteiger partial charge >= 0.3 is 7.60 Å². The van der Waals surface area contributed by atoms with Crippen molar-refractivity contribution in [3.8, 4) is 0 Å². The van der Waals surface area contributed by atoms with Gasteiger partial charge in [-0.2, -0.15) is 18.4 Å². The second-order valence-electron chi connectivity index (χ2n) is 23.0. The van der Waals surface area contributed by atoms with Crippen LogP contribution in [0.1, 0.15) is 177 Å². The highest BCUT2D eigenvalue weighted by Gasteiger charge is 2.23. The van der Waals surface area contributed by atoms with Crippen LogP contribution >= 0.6 is 7.60 Å². The van der Waals surface area contributed by atoms with Gasteiger partial charge in [0.15, 0.2) is 29.0 Å². The van der Waals surface area contributed by atoms with Crippen LogP contribution in [0.4, 0.5) is 0 Å². The van der Waals surface area contributed by atoms with E-state index in [9.17, 15) is 27.4 Å². The number of tetrazole rings is 3. The lowest BCUT2D eigenvalue weighted by atomic mass is 9.91. The molecule has 21 nitrogen and oxygen atoms in total. The molecule has 0 radical (unpaired) electrons. The standard InChI is InChI=1S/2C9H16N4O.C7H14O.C6H12N4.C5H13O3P.C5H12O3S.CH4/c1-7(14)6-13-8(10-11-12-13)5-9(2,3)4;1-7(14)6-13-11-8(10-12-13)5-9(2,3)4;1-6(8)5-7(2,3)4;1-6(2,3)4-5-7-9-10-8-5;2*1-5(2,3)4-9(6,7)8;/h2*5-6H2,1-4H3;5H2,1-4H3;4H2,1-3H3,(H,7,8,9,10);4H2,1-3H3,(H2,6,7,8);4H2,1-3H3,(H,6,7,8);1H4. The van der Waals surface area contributed by atoms with Gasteiger partial charge < -0.3 is 14.6 Å². The highest BCUT2D eigenvalue weighted by molar-refractivity contribution is 7.85. The normalized spacial score (nSPS) is 12.1. The number of carbonyl (C=O) groups excluding carboxylic acids is 3. The first kappa shape index (κ1) is 67.9. The minimum Gasteiger partial charge on any atom is -0.324 e. The van der Waals surface area contributed by atoms with Crippen molar-refractivity contribution in [3.63, 3.8) is 0 Å². The Morgan fingerprint density at radius 2 is 1.08 bits per heavy atom. The Morgan fingerprint density at radius 3 is 1.35 bits per heavy atom. The third-order valence-electron chi connectivity index (χ3n) is 6.37. The van der Waals surface area contributed by atoms with Gasteiger partial charge in [-0.3, -0.25) is 18.7 Å². The quantitative estimate of drug-likeness (QED) is 0.115. The van der Waals surface area contributed by atoms with Crippen LogP contribution in [0, 0.1) is 32.5 Å². The van der Waals surface area contributed by atoms with Crippen LogP contribution in [-0.2, 0) is 61.4 Å². The van der Waals surface area contributed by atoms with E-state index in [1.165, 1.54) is 18.6 Å². The number of nitrogens with one attached hydrogen (secondary N) is 1. The molecule has 0 aliphatic heterocycles. The lowest BCUT2D eigenvalue weighted by Gasteiger charge is -2.17. The van der Waals surface area contributed by atoms with Crippen molar-refractivity contribution in [1.82, 2.24) is 61.0 Å². The van der Waals surface area contributed by atoms with Gasteiger partial charge in [0.1, 0.15) is 18.9 Å². The van der Waals surface area contributed by atoms with Crippen molar-refractivity contribution < 1.29 is 41.7 Å². The maximum Gasteiger partial charge on any atom is 0.326 e. The molecule has 4 N–H and O–H groups in total. The molecule has 0 amide bonds. The fraction of sp³-hybridized carbons (Fsp3) is 0.857. The number of hydrogen-bond acceptors (Lipinski definition) is 15.